The maximum Gasteiger partial charge on any atom is 0.309 e. The number of carbonyl (C=O) groups excluding carboxylic acids is 2. The van der Waals surface area contributed by atoms with E-state index in [1.165, 1.54) is 6.07 Å². The highest BCUT2D eigenvalue weighted by Crippen LogP contribution is 2.17. The van der Waals surface area contributed by atoms with Crippen molar-refractivity contribution in [2.24, 2.45) is 0 Å². The van der Waals surface area contributed by atoms with Crippen LogP contribution in [0.3, 0.4) is 0 Å². The van der Waals surface area contributed by atoms with Crippen LogP contribution >= 0.6 is 0 Å². The van der Waals surface area contributed by atoms with Crippen molar-refractivity contribution >= 4 is 29.6 Å². The normalized spacial score (nSPS) is 18.0. The van der Waals surface area contributed by atoms with E-state index in [9.17, 15) is 14.0 Å². The number of hydrogen-bond donors (Lipinski definition) is 4. The fraction of sp³-hybridized carbons (Fsp3) is 0.444. The number of amides is 1. The van der Waals surface area contributed by atoms with E-state index in [1.54, 1.807) is 20.8 Å². The molecule has 1 rings (SSSR count). The third-order valence-electron chi connectivity index (χ3n) is 3.38. The van der Waals surface area contributed by atoms with Crippen LogP contribution in [-0.2, 0) is 19.1 Å². The lowest BCUT2D eigenvalue weighted by Gasteiger charge is -2.32. The molecule has 156 valence electrons. The Labute approximate surface area is 167 Å². The molecule has 0 saturated carbocycles. The Morgan fingerprint density at radius 1 is 1.48 bits per heavy atom. The second-order valence-corrected chi connectivity index (χ2v) is 6.89. The quantitative estimate of drug-likeness (QED) is 0.284. The summed E-state index contributed by atoms with van der Waals surface area (Å²) in [6, 6.07) is 1.53. The van der Waals surface area contributed by atoms with Crippen molar-refractivity contribution in [3.05, 3.63) is 23.8 Å². The van der Waals surface area contributed by atoms with Gasteiger partial charge in [-0.1, -0.05) is 0 Å². The zero-order chi connectivity index (χ0) is 22.2. The third kappa shape index (κ3) is 7.63. The van der Waals surface area contributed by atoms with E-state index in [0.717, 1.165) is 23.4 Å². The van der Waals surface area contributed by atoms with Crippen LogP contribution in [-0.4, -0.2) is 59.4 Å². The topological polar surface area (TPSA) is 163 Å². The number of hydrogen-bond acceptors (Lipinski definition) is 9. The SMILES string of the molecule is CC(C)(C)OC(=O)CC1OCCN(C(=N)/C(F)=C\N/C(C=N)=C/C(=N)C#N)C1=O. The van der Waals surface area contributed by atoms with Crippen molar-refractivity contribution in [3.8, 4) is 6.07 Å². The number of amidine groups is 1. The molecule has 0 radical (unpaired) electrons. The third-order valence-corrected chi connectivity index (χ3v) is 3.38. The molecule has 11 heteroatoms. The van der Waals surface area contributed by atoms with Gasteiger partial charge in [-0.05, 0) is 26.8 Å². The highest BCUT2D eigenvalue weighted by molar-refractivity contribution is 6.08. The standard InChI is InChI=1S/C18H23FN6O4/c1-18(2,3)29-15(26)7-14-17(27)25(4-5-28-14)16(23)13(19)10-24-12(9-21)6-11(22)8-20/h6,9-10,14,21-24H,4-5,7H2,1-3H3/b12-6+,13-10+,21-9?,22-11?,23-16?. The molecule has 0 bridgehead atoms. The maximum atomic E-state index is 14.3. The number of nitrogens with one attached hydrogen (secondary N) is 4. The van der Waals surface area contributed by atoms with E-state index in [-0.39, 0.29) is 25.3 Å². The molecule has 10 nitrogen and oxygen atoms in total. The van der Waals surface area contributed by atoms with Crippen LogP contribution < -0.4 is 5.32 Å². The number of allylic oxidation sites excluding steroid dienone is 2. The van der Waals surface area contributed by atoms with Crippen LogP contribution in [0.1, 0.15) is 27.2 Å². The van der Waals surface area contributed by atoms with Crippen molar-refractivity contribution in [2.75, 3.05) is 13.2 Å². The molecule has 1 aliphatic heterocycles. The first kappa shape index (κ1) is 23.6. The number of ether oxygens (including phenoxy) is 2. The fourth-order valence-electron chi connectivity index (χ4n) is 2.20. The predicted molar refractivity (Wildman–Crippen MR) is 102 cm³/mol. The van der Waals surface area contributed by atoms with Gasteiger partial charge in [-0.25, -0.2) is 4.39 Å². The van der Waals surface area contributed by atoms with E-state index in [2.05, 4.69) is 5.32 Å². The van der Waals surface area contributed by atoms with Gasteiger partial charge in [0.05, 0.1) is 25.3 Å². The molecular formula is C18H23FN6O4. The Balaban J connectivity index is 2.82. The summed E-state index contributed by atoms with van der Waals surface area (Å²) in [5, 5.41) is 33.2. The van der Waals surface area contributed by atoms with Crippen molar-refractivity contribution in [2.45, 2.75) is 38.9 Å². The van der Waals surface area contributed by atoms with Crippen LogP contribution in [0.4, 0.5) is 4.39 Å². The summed E-state index contributed by atoms with van der Waals surface area (Å²) in [5.74, 6) is -3.26. The second kappa shape index (κ2) is 10.2. The lowest BCUT2D eigenvalue weighted by molar-refractivity contribution is -0.165. The van der Waals surface area contributed by atoms with Crippen LogP contribution in [0.25, 0.3) is 0 Å². The highest BCUT2D eigenvalue weighted by Gasteiger charge is 2.35. The first-order valence-corrected chi connectivity index (χ1v) is 8.55. The molecule has 0 spiro atoms. The van der Waals surface area contributed by atoms with E-state index < -0.39 is 41.0 Å². The molecule has 1 heterocycles. The molecule has 0 aliphatic carbocycles. The Morgan fingerprint density at radius 3 is 2.69 bits per heavy atom. The van der Waals surface area contributed by atoms with Crippen molar-refractivity contribution in [3.63, 3.8) is 0 Å². The molecule has 29 heavy (non-hydrogen) atoms. The van der Waals surface area contributed by atoms with Gasteiger partial charge < -0.3 is 20.2 Å². The lowest BCUT2D eigenvalue weighted by atomic mass is 10.1. The summed E-state index contributed by atoms with van der Waals surface area (Å²) >= 11 is 0. The maximum absolute atomic E-state index is 14.3. The highest BCUT2D eigenvalue weighted by atomic mass is 19.1. The molecule has 0 aromatic heterocycles. The van der Waals surface area contributed by atoms with Gasteiger partial charge in [0.25, 0.3) is 5.91 Å². The van der Waals surface area contributed by atoms with Gasteiger partial charge in [-0.15, -0.1) is 0 Å². The zero-order valence-corrected chi connectivity index (χ0v) is 16.3. The van der Waals surface area contributed by atoms with Crippen LogP contribution in [0.5, 0.6) is 0 Å². The molecule has 1 atom stereocenters. The molecule has 1 saturated heterocycles. The first-order chi connectivity index (χ1) is 13.5. The molecule has 1 unspecified atom stereocenters. The fourth-order valence-corrected chi connectivity index (χ4v) is 2.20. The van der Waals surface area contributed by atoms with E-state index in [4.69, 9.17) is 31.0 Å². The van der Waals surface area contributed by atoms with Crippen LogP contribution in [0, 0.1) is 27.6 Å². The molecule has 0 aromatic carbocycles. The molecule has 1 aliphatic rings. The summed E-state index contributed by atoms with van der Waals surface area (Å²) in [7, 11) is 0. The van der Waals surface area contributed by atoms with Gasteiger partial charge in [0.15, 0.2) is 11.7 Å². The summed E-state index contributed by atoms with van der Waals surface area (Å²) in [6.45, 7) is 4.97. The molecule has 0 aromatic rings. The average molecular weight is 406 g/mol. The number of nitrogens with zero attached hydrogens (tertiary/aromatic N) is 2. The van der Waals surface area contributed by atoms with E-state index in [1.807, 2.05) is 0 Å². The predicted octanol–water partition coefficient (Wildman–Crippen LogP) is 1.40. The summed E-state index contributed by atoms with van der Waals surface area (Å²) in [4.78, 5) is 25.2. The Kier molecular flexibility index (Phi) is 8.35. The molecule has 1 amide bonds. The number of morpholine rings is 1. The largest absolute Gasteiger partial charge is 0.460 e. The van der Waals surface area contributed by atoms with E-state index in [0.29, 0.717) is 0 Å². The number of nitriles is 1. The van der Waals surface area contributed by atoms with E-state index >= 15 is 0 Å². The summed E-state index contributed by atoms with van der Waals surface area (Å²) < 4.78 is 24.7. The Bertz CT molecular complexity index is 806. The van der Waals surface area contributed by atoms with Gasteiger partial charge in [0, 0.05) is 12.4 Å². The molecular weight excluding hydrogens is 383 g/mol. The monoisotopic (exact) mass is 406 g/mol. The van der Waals surface area contributed by atoms with Gasteiger partial charge >= 0.3 is 5.97 Å². The van der Waals surface area contributed by atoms with Crippen LogP contribution in [0.2, 0.25) is 0 Å². The van der Waals surface area contributed by atoms with Crippen LogP contribution in [0.15, 0.2) is 23.8 Å². The van der Waals surface area contributed by atoms with Crippen molar-refractivity contribution < 1.29 is 23.5 Å². The Morgan fingerprint density at radius 2 is 2.14 bits per heavy atom. The average Bonchev–Trinajstić information content (AvgIpc) is 2.64. The van der Waals surface area contributed by atoms with Gasteiger partial charge in [-0.2, -0.15) is 5.26 Å². The smallest absolute Gasteiger partial charge is 0.309 e. The van der Waals surface area contributed by atoms with Crippen molar-refractivity contribution in [1.82, 2.24) is 10.2 Å². The zero-order valence-electron chi connectivity index (χ0n) is 16.3. The minimum absolute atomic E-state index is 0.00722. The van der Waals surface area contributed by atoms with Gasteiger partial charge in [0.2, 0.25) is 0 Å². The summed E-state index contributed by atoms with van der Waals surface area (Å²) in [6.07, 6.45) is 0.941. The number of rotatable bonds is 7. The minimum Gasteiger partial charge on any atom is -0.460 e. The molecule has 1 fully saturated rings. The van der Waals surface area contributed by atoms with Gasteiger partial charge in [0.1, 0.15) is 23.5 Å². The second-order valence-electron chi connectivity index (χ2n) is 6.89. The Hall–Kier alpha value is -3.39. The molecule has 4 N–H and O–H groups in total. The first-order valence-electron chi connectivity index (χ1n) is 8.55. The minimum atomic E-state index is -1.19. The number of halogens is 1. The van der Waals surface area contributed by atoms with Gasteiger partial charge in [-0.3, -0.25) is 25.3 Å². The number of carbonyl (C=O) groups is 2. The lowest BCUT2D eigenvalue weighted by Crippen LogP contribution is -2.51. The summed E-state index contributed by atoms with van der Waals surface area (Å²) in [5.41, 5.74) is -1.24. The van der Waals surface area contributed by atoms with Crippen molar-refractivity contribution in [1.29, 1.82) is 21.5 Å². The number of esters is 1.